The fraction of sp³-hybridized carbons (Fsp3) is 0. The van der Waals surface area contributed by atoms with Gasteiger partial charge in [-0.1, -0.05) is 158 Å². The van der Waals surface area contributed by atoms with Gasteiger partial charge in [0, 0.05) is 47.6 Å². The Hall–Kier alpha value is -7.99. The van der Waals surface area contributed by atoms with Crippen molar-refractivity contribution < 1.29 is 4.42 Å². The maximum absolute atomic E-state index is 6.38. The van der Waals surface area contributed by atoms with Crippen molar-refractivity contribution in [2.75, 3.05) is 0 Å². The standard InChI is InChI=1S/C57H33N3OS/c1-2-12-34(13-3-1)39-28-29-47(41-17-5-4-16-40(39)41)57-59-55(58-56(60-57)38-26-27-46-45-19-7-9-23-53(45)62-54(46)32-38)37-25-24-35-14-10-20-42(48(35)31-37)43-21-11-15-36-30-50-44-18-6-8-22-51(44)61-52(50)33-49(36)43/h1-33H. The van der Waals surface area contributed by atoms with Crippen molar-refractivity contribution in [1.29, 1.82) is 0 Å². The van der Waals surface area contributed by atoms with E-state index < -0.39 is 0 Å². The second-order valence-corrected chi connectivity index (χ2v) is 17.0. The molecule has 288 valence electrons. The molecule has 0 bridgehead atoms. The summed E-state index contributed by atoms with van der Waals surface area (Å²) in [5.41, 5.74) is 9.24. The monoisotopic (exact) mass is 807 g/mol. The molecule has 0 aliphatic heterocycles. The number of furan rings is 1. The second-order valence-electron chi connectivity index (χ2n) is 15.9. The van der Waals surface area contributed by atoms with E-state index in [9.17, 15) is 0 Å². The summed E-state index contributed by atoms with van der Waals surface area (Å²) in [7, 11) is 0. The van der Waals surface area contributed by atoms with Gasteiger partial charge in [0.15, 0.2) is 17.5 Å². The Bertz CT molecular complexity index is 3940. The lowest BCUT2D eigenvalue weighted by Gasteiger charge is -2.14. The summed E-state index contributed by atoms with van der Waals surface area (Å²) < 4.78 is 8.85. The number of benzene rings is 10. The maximum atomic E-state index is 6.38. The van der Waals surface area contributed by atoms with Crippen LogP contribution in [0.15, 0.2) is 205 Å². The average Bonchev–Trinajstić information content (AvgIpc) is 3.90. The van der Waals surface area contributed by atoms with Crippen molar-refractivity contribution in [1.82, 2.24) is 15.0 Å². The summed E-state index contributed by atoms with van der Waals surface area (Å²) in [5, 5.41) is 11.6. The third kappa shape index (κ3) is 5.56. The van der Waals surface area contributed by atoms with Crippen LogP contribution in [0.3, 0.4) is 0 Å². The Labute approximate surface area is 360 Å². The molecule has 0 radical (unpaired) electrons. The minimum Gasteiger partial charge on any atom is -0.456 e. The fourth-order valence-corrected chi connectivity index (χ4v) is 10.5. The van der Waals surface area contributed by atoms with Crippen LogP contribution in [-0.4, -0.2) is 15.0 Å². The van der Waals surface area contributed by atoms with Crippen molar-refractivity contribution >= 4 is 85.8 Å². The van der Waals surface area contributed by atoms with Gasteiger partial charge in [-0.15, -0.1) is 11.3 Å². The first-order chi connectivity index (χ1) is 30.7. The Kier molecular flexibility index (Phi) is 7.74. The van der Waals surface area contributed by atoms with E-state index in [0.29, 0.717) is 17.5 Å². The van der Waals surface area contributed by atoms with Crippen LogP contribution in [-0.2, 0) is 0 Å². The molecule has 3 aromatic heterocycles. The number of fused-ring (bicyclic) bond motifs is 9. The van der Waals surface area contributed by atoms with E-state index >= 15 is 0 Å². The molecule has 0 atom stereocenters. The molecule has 0 aliphatic rings. The summed E-state index contributed by atoms with van der Waals surface area (Å²) in [5.74, 6) is 1.89. The summed E-state index contributed by atoms with van der Waals surface area (Å²) in [4.78, 5) is 15.9. The lowest BCUT2D eigenvalue weighted by atomic mass is 9.92. The molecule has 0 saturated carbocycles. The van der Waals surface area contributed by atoms with E-state index in [0.717, 1.165) is 76.7 Å². The molecule has 0 unspecified atom stereocenters. The summed E-state index contributed by atoms with van der Waals surface area (Å²) in [6.07, 6.45) is 0. The van der Waals surface area contributed by atoms with Crippen LogP contribution >= 0.6 is 11.3 Å². The zero-order chi connectivity index (χ0) is 40.7. The highest BCUT2D eigenvalue weighted by Crippen LogP contribution is 2.41. The average molecular weight is 808 g/mol. The third-order valence-electron chi connectivity index (χ3n) is 12.3. The van der Waals surface area contributed by atoms with Gasteiger partial charge < -0.3 is 4.42 Å². The molecule has 10 aromatic carbocycles. The van der Waals surface area contributed by atoms with Gasteiger partial charge in [-0.25, -0.2) is 15.0 Å². The molecule has 0 amide bonds. The van der Waals surface area contributed by atoms with E-state index in [1.165, 1.54) is 36.7 Å². The number of hydrogen-bond acceptors (Lipinski definition) is 5. The van der Waals surface area contributed by atoms with Crippen molar-refractivity contribution in [3.05, 3.63) is 200 Å². The highest BCUT2D eigenvalue weighted by molar-refractivity contribution is 7.25. The van der Waals surface area contributed by atoms with E-state index in [2.05, 4.69) is 188 Å². The number of aromatic nitrogens is 3. The van der Waals surface area contributed by atoms with Crippen LogP contribution in [0.5, 0.6) is 0 Å². The SMILES string of the molecule is c1ccc(-c2ccc(-c3nc(-c4ccc5c(c4)sc4ccccc45)nc(-c4ccc5cccc(-c6cccc7cc8c(cc67)oc6ccccc68)c5c4)n3)c3ccccc23)cc1. The van der Waals surface area contributed by atoms with Crippen molar-refractivity contribution in [2.24, 2.45) is 0 Å². The smallest absolute Gasteiger partial charge is 0.164 e. The van der Waals surface area contributed by atoms with Gasteiger partial charge in [0.05, 0.1) is 0 Å². The van der Waals surface area contributed by atoms with Crippen molar-refractivity contribution in [3.8, 4) is 56.4 Å². The molecular weight excluding hydrogens is 775 g/mol. The lowest BCUT2D eigenvalue weighted by Crippen LogP contribution is -2.01. The normalized spacial score (nSPS) is 11.9. The predicted molar refractivity (Wildman–Crippen MR) is 260 cm³/mol. The summed E-state index contributed by atoms with van der Waals surface area (Å²) in [6.45, 7) is 0. The second kappa shape index (κ2) is 13.8. The molecular formula is C57H33N3OS. The Morgan fingerprint density at radius 2 is 0.903 bits per heavy atom. The highest BCUT2D eigenvalue weighted by Gasteiger charge is 2.19. The first-order valence-corrected chi connectivity index (χ1v) is 21.6. The van der Waals surface area contributed by atoms with Gasteiger partial charge in [-0.2, -0.15) is 0 Å². The molecule has 4 nitrogen and oxygen atoms in total. The molecule has 0 saturated heterocycles. The van der Waals surface area contributed by atoms with Gasteiger partial charge in [0.25, 0.3) is 0 Å². The van der Waals surface area contributed by atoms with Gasteiger partial charge in [0.2, 0.25) is 0 Å². The molecule has 0 spiro atoms. The number of nitrogens with zero attached hydrogens (tertiary/aromatic N) is 3. The van der Waals surface area contributed by atoms with E-state index in [-0.39, 0.29) is 0 Å². The number of rotatable bonds is 5. The Morgan fingerprint density at radius 1 is 0.290 bits per heavy atom. The lowest BCUT2D eigenvalue weighted by molar-refractivity contribution is 0.669. The molecule has 0 aliphatic carbocycles. The minimum atomic E-state index is 0.622. The summed E-state index contributed by atoms with van der Waals surface area (Å²) in [6, 6.07) is 71.1. The number of para-hydroxylation sites is 1. The Balaban J connectivity index is 1.02. The topological polar surface area (TPSA) is 51.8 Å². The molecule has 0 N–H and O–H groups in total. The van der Waals surface area contributed by atoms with Crippen molar-refractivity contribution in [2.45, 2.75) is 0 Å². The maximum Gasteiger partial charge on any atom is 0.164 e. The molecule has 13 aromatic rings. The van der Waals surface area contributed by atoms with Crippen LogP contribution < -0.4 is 0 Å². The molecule has 5 heteroatoms. The fourth-order valence-electron chi connectivity index (χ4n) is 9.36. The van der Waals surface area contributed by atoms with Crippen molar-refractivity contribution in [3.63, 3.8) is 0 Å². The van der Waals surface area contributed by atoms with Gasteiger partial charge in [-0.05, 0) is 97.0 Å². The zero-order valence-corrected chi connectivity index (χ0v) is 34.0. The van der Waals surface area contributed by atoms with Crippen LogP contribution in [0.25, 0.3) is 131 Å². The van der Waals surface area contributed by atoms with Crippen LogP contribution in [0.1, 0.15) is 0 Å². The highest BCUT2D eigenvalue weighted by atomic mass is 32.1. The quantitative estimate of drug-likeness (QED) is 0.174. The third-order valence-corrected chi connectivity index (χ3v) is 13.5. The van der Waals surface area contributed by atoms with Crippen LogP contribution in [0.2, 0.25) is 0 Å². The minimum absolute atomic E-state index is 0.622. The van der Waals surface area contributed by atoms with Gasteiger partial charge >= 0.3 is 0 Å². The molecule has 13 rings (SSSR count). The number of hydrogen-bond donors (Lipinski definition) is 0. The van der Waals surface area contributed by atoms with Gasteiger partial charge in [-0.3, -0.25) is 0 Å². The van der Waals surface area contributed by atoms with Crippen LogP contribution in [0, 0.1) is 0 Å². The van der Waals surface area contributed by atoms with Gasteiger partial charge in [0.1, 0.15) is 11.2 Å². The molecule has 3 heterocycles. The van der Waals surface area contributed by atoms with E-state index in [1.54, 1.807) is 11.3 Å². The van der Waals surface area contributed by atoms with E-state index in [1.807, 2.05) is 12.1 Å². The van der Waals surface area contributed by atoms with Crippen LogP contribution in [0.4, 0.5) is 0 Å². The van der Waals surface area contributed by atoms with E-state index in [4.69, 9.17) is 19.4 Å². The first kappa shape index (κ1) is 34.8. The predicted octanol–water partition coefficient (Wildman–Crippen LogP) is 15.9. The number of thiophene rings is 1. The summed E-state index contributed by atoms with van der Waals surface area (Å²) >= 11 is 1.80. The largest absolute Gasteiger partial charge is 0.456 e. The molecule has 0 fully saturated rings. The molecule has 62 heavy (non-hydrogen) atoms. The zero-order valence-electron chi connectivity index (χ0n) is 33.2. The first-order valence-electron chi connectivity index (χ1n) is 20.8. The Morgan fingerprint density at radius 3 is 1.73 bits per heavy atom.